The minimum atomic E-state index is -1.79. The van der Waals surface area contributed by atoms with Crippen LogP contribution in [0.15, 0.2) is 24.3 Å². The number of esters is 1. The van der Waals surface area contributed by atoms with Gasteiger partial charge in [-0.25, -0.2) is 0 Å². The van der Waals surface area contributed by atoms with Crippen molar-refractivity contribution < 1.29 is 23.4 Å². The first-order chi connectivity index (χ1) is 12.0. The fraction of sp³-hybridized carbons (Fsp3) is 0.650. The van der Waals surface area contributed by atoms with Gasteiger partial charge in [0.25, 0.3) is 0 Å². The van der Waals surface area contributed by atoms with E-state index in [4.69, 9.17) is 18.6 Å². The van der Waals surface area contributed by atoms with Crippen LogP contribution < -0.4 is 4.74 Å². The van der Waals surface area contributed by atoms with Crippen molar-refractivity contribution in [3.63, 3.8) is 0 Å². The first-order valence-corrected chi connectivity index (χ1v) is 12.0. The van der Waals surface area contributed by atoms with Gasteiger partial charge in [-0.05, 0) is 42.2 Å². The van der Waals surface area contributed by atoms with Gasteiger partial charge in [0.05, 0.1) is 19.8 Å². The van der Waals surface area contributed by atoms with Crippen LogP contribution in [0.1, 0.15) is 39.7 Å². The molecule has 0 aromatic heterocycles. The average molecular weight is 383 g/mol. The van der Waals surface area contributed by atoms with Gasteiger partial charge >= 0.3 is 5.97 Å². The number of hydrogen-bond acceptors (Lipinski definition) is 5. The summed E-state index contributed by atoms with van der Waals surface area (Å²) in [5, 5.41) is 0.169. The Bertz CT molecular complexity index is 548. The number of methoxy groups -OCH3 is 1. The van der Waals surface area contributed by atoms with Crippen molar-refractivity contribution >= 4 is 14.3 Å². The summed E-state index contributed by atoms with van der Waals surface area (Å²) in [4.78, 5) is 11.1. The summed E-state index contributed by atoms with van der Waals surface area (Å²) in [6.07, 6.45) is 0.501. The summed E-state index contributed by atoms with van der Waals surface area (Å²) >= 11 is 0. The van der Waals surface area contributed by atoms with Gasteiger partial charge in [0, 0.05) is 13.5 Å². The van der Waals surface area contributed by atoms with Crippen LogP contribution in [-0.2, 0) is 25.3 Å². The maximum absolute atomic E-state index is 11.1. The molecule has 0 aliphatic heterocycles. The molecule has 0 saturated heterocycles. The zero-order valence-electron chi connectivity index (χ0n) is 17.3. The number of ether oxygens (including phenoxy) is 3. The van der Waals surface area contributed by atoms with E-state index >= 15 is 0 Å². The lowest BCUT2D eigenvalue weighted by Gasteiger charge is -2.36. The van der Waals surface area contributed by atoms with Crippen molar-refractivity contribution in [2.75, 3.05) is 20.3 Å². The van der Waals surface area contributed by atoms with E-state index in [2.05, 4.69) is 33.9 Å². The van der Waals surface area contributed by atoms with E-state index < -0.39 is 8.32 Å². The van der Waals surface area contributed by atoms with Crippen LogP contribution in [0.2, 0.25) is 18.1 Å². The van der Waals surface area contributed by atoms with Crippen molar-refractivity contribution in [2.24, 2.45) is 0 Å². The predicted octanol–water partition coefficient (Wildman–Crippen LogP) is 4.56. The summed E-state index contributed by atoms with van der Waals surface area (Å²) < 4.78 is 22.5. The van der Waals surface area contributed by atoms with E-state index in [0.29, 0.717) is 19.6 Å². The maximum atomic E-state index is 11.1. The molecule has 0 spiro atoms. The monoisotopic (exact) mass is 382 g/mol. The quantitative estimate of drug-likeness (QED) is 0.439. The van der Waals surface area contributed by atoms with Gasteiger partial charge in [0.15, 0.2) is 8.32 Å². The van der Waals surface area contributed by atoms with E-state index in [1.165, 1.54) is 6.92 Å². The van der Waals surface area contributed by atoms with Gasteiger partial charge in [-0.1, -0.05) is 32.9 Å². The third kappa shape index (κ3) is 7.89. The summed E-state index contributed by atoms with van der Waals surface area (Å²) in [6, 6.07) is 7.74. The molecule has 0 saturated carbocycles. The fourth-order valence-corrected chi connectivity index (χ4v) is 3.08. The zero-order valence-corrected chi connectivity index (χ0v) is 18.3. The third-order valence-electron chi connectivity index (χ3n) is 4.83. The van der Waals surface area contributed by atoms with Crippen LogP contribution in [0.4, 0.5) is 0 Å². The van der Waals surface area contributed by atoms with Crippen LogP contribution in [0.25, 0.3) is 0 Å². The van der Waals surface area contributed by atoms with Crippen molar-refractivity contribution in [1.29, 1.82) is 0 Å². The van der Waals surface area contributed by atoms with Gasteiger partial charge in [-0.3, -0.25) is 4.79 Å². The smallest absolute Gasteiger partial charge is 0.302 e. The first kappa shape index (κ1) is 22.7. The number of carbonyl (C=O) groups is 1. The lowest BCUT2D eigenvalue weighted by Crippen LogP contribution is -2.41. The summed E-state index contributed by atoms with van der Waals surface area (Å²) in [5.74, 6) is 0.515. The van der Waals surface area contributed by atoms with Gasteiger partial charge in [0.1, 0.15) is 12.4 Å². The molecule has 6 heteroatoms. The Balaban J connectivity index is 2.56. The predicted molar refractivity (Wildman–Crippen MR) is 106 cm³/mol. The number of benzene rings is 1. The largest absolute Gasteiger partial charge is 0.497 e. The molecule has 0 radical (unpaired) electrons. The van der Waals surface area contributed by atoms with Gasteiger partial charge in [0.2, 0.25) is 0 Å². The van der Waals surface area contributed by atoms with Gasteiger partial charge in [-0.2, -0.15) is 0 Å². The van der Waals surface area contributed by atoms with Crippen LogP contribution in [0.3, 0.4) is 0 Å². The van der Waals surface area contributed by atoms with Crippen LogP contribution in [0, 0.1) is 0 Å². The SMILES string of the molecule is COc1ccc(CO[C@H](CCO[Si](C)(C)C(C)(C)C)COC(C)=O)cc1. The number of carbonyl (C=O) groups excluding carboxylic acids is 1. The Morgan fingerprint density at radius 3 is 2.27 bits per heavy atom. The van der Waals surface area contributed by atoms with E-state index in [1.54, 1.807) is 7.11 Å². The molecular formula is C20H34O5Si. The Kier molecular flexibility index (Phi) is 8.80. The standard InChI is InChI=1S/C20H34O5Si/c1-16(21)23-15-19(12-13-25-26(6,7)20(2,3)4)24-14-17-8-10-18(22-5)11-9-17/h8-11,19H,12-15H2,1-7H3/t19-/m1/s1. The second-order valence-electron chi connectivity index (χ2n) is 7.98. The van der Waals surface area contributed by atoms with E-state index in [0.717, 1.165) is 11.3 Å². The van der Waals surface area contributed by atoms with Crippen LogP contribution in [0.5, 0.6) is 5.75 Å². The van der Waals surface area contributed by atoms with Crippen LogP contribution >= 0.6 is 0 Å². The van der Waals surface area contributed by atoms with Crippen molar-refractivity contribution in [3.8, 4) is 5.75 Å². The Morgan fingerprint density at radius 2 is 1.77 bits per heavy atom. The molecular weight excluding hydrogens is 348 g/mol. The minimum Gasteiger partial charge on any atom is -0.497 e. The average Bonchev–Trinajstić information content (AvgIpc) is 2.56. The van der Waals surface area contributed by atoms with Gasteiger partial charge < -0.3 is 18.6 Å². The molecule has 0 heterocycles. The molecule has 148 valence electrons. The lowest BCUT2D eigenvalue weighted by atomic mass is 10.2. The number of rotatable bonds is 10. The van der Waals surface area contributed by atoms with Crippen LogP contribution in [-0.4, -0.2) is 40.7 Å². The molecule has 0 aliphatic rings. The number of hydrogen-bond donors (Lipinski definition) is 0. The molecule has 0 fully saturated rings. The Hall–Kier alpha value is -1.37. The molecule has 5 nitrogen and oxygen atoms in total. The molecule has 1 aromatic carbocycles. The summed E-state index contributed by atoms with van der Waals surface area (Å²) in [7, 11) is -0.149. The molecule has 0 aliphatic carbocycles. The molecule has 1 atom stereocenters. The topological polar surface area (TPSA) is 54.0 Å². The third-order valence-corrected chi connectivity index (χ3v) is 9.36. The zero-order chi connectivity index (χ0) is 19.8. The lowest BCUT2D eigenvalue weighted by molar-refractivity contribution is -0.146. The fourth-order valence-electron chi connectivity index (χ4n) is 2.02. The molecule has 1 aromatic rings. The highest BCUT2D eigenvalue weighted by Gasteiger charge is 2.37. The molecule has 1 rings (SSSR count). The molecule has 0 bridgehead atoms. The first-order valence-electron chi connectivity index (χ1n) is 9.07. The van der Waals surface area contributed by atoms with Crippen molar-refractivity contribution in [3.05, 3.63) is 29.8 Å². The Morgan fingerprint density at radius 1 is 1.15 bits per heavy atom. The highest BCUT2D eigenvalue weighted by atomic mass is 28.4. The highest BCUT2D eigenvalue weighted by Crippen LogP contribution is 2.36. The molecule has 26 heavy (non-hydrogen) atoms. The highest BCUT2D eigenvalue weighted by molar-refractivity contribution is 6.74. The van der Waals surface area contributed by atoms with Crippen molar-refractivity contribution in [1.82, 2.24) is 0 Å². The molecule has 0 unspecified atom stereocenters. The maximum Gasteiger partial charge on any atom is 0.302 e. The van der Waals surface area contributed by atoms with Gasteiger partial charge in [-0.15, -0.1) is 0 Å². The molecule has 0 N–H and O–H groups in total. The second kappa shape index (κ2) is 10.1. The van der Waals surface area contributed by atoms with E-state index in [9.17, 15) is 4.79 Å². The second-order valence-corrected chi connectivity index (χ2v) is 12.8. The normalized spacial score (nSPS) is 13.3. The Labute approximate surface area is 159 Å². The summed E-state index contributed by atoms with van der Waals surface area (Å²) in [6.45, 7) is 13.8. The van der Waals surface area contributed by atoms with E-state index in [1.807, 2.05) is 24.3 Å². The van der Waals surface area contributed by atoms with E-state index in [-0.39, 0.29) is 23.7 Å². The molecule has 0 amide bonds. The van der Waals surface area contributed by atoms with Crippen molar-refractivity contribution in [2.45, 2.75) is 65.0 Å². The summed E-state index contributed by atoms with van der Waals surface area (Å²) in [5.41, 5.74) is 1.05. The minimum absolute atomic E-state index is 0.169.